The number of para-hydroxylation sites is 1. The number of rotatable bonds is 12. The minimum atomic E-state index is -1.06. The number of benzene rings is 1. The van der Waals surface area contributed by atoms with E-state index in [1.54, 1.807) is 17.0 Å². The Balaban J connectivity index is 1.88. The van der Waals surface area contributed by atoms with Crippen LogP contribution in [-0.4, -0.2) is 90.3 Å². The van der Waals surface area contributed by atoms with Gasteiger partial charge in [0.05, 0.1) is 22.3 Å². The van der Waals surface area contributed by atoms with Crippen LogP contribution >= 0.6 is 22.6 Å². The molecule has 1 fully saturated rings. The third kappa shape index (κ3) is 7.88. The van der Waals surface area contributed by atoms with Crippen LogP contribution in [0, 0.1) is 3.57 Å². The zero-order valence-electron chi connectivity index (χ0n) is 20.9. The quantitative estimate of drug-likeness (QED) is 0.243. The summed E-state index contributed by atoms with van der Waals surface area (Å²) in [6, 6.07) is 6.73. The number of hydrogen-bond donors (Lipinski definition) is 3. The van der Waals surface area contributed by atoms with Crippen LogP contribution in [0.15, 0.2) is 35.9 Å². The lowest BCUT2D eigenvalue weighted by molar-refractivity contribution is -0.148. The number of nitrogens with one attached hydrogen (secondary N) is 1. The molecule has 1 aromatic rings. The van der Waals surface area contributed by atoms with Crippen LogP contribution in [0.5, 0.6) is 5.75 Å². The first-order valence-corrected chi connectivity index (χ1v) is 13.6. The number of amides is 2. The van der Waals surface area contributed by atoms with Crippen molar-refractivity contribution in [3.05, 3.63) is 39.5 Å². The van der Waals surface area contributed by atoms with Crippen molar-refractivity contribution in [3.63, 3.8) is 0 Å². The fourth-order valence-electron chi connectivity index (χ4n) is 4.42. The number of aliphatic hydroxyl groups is 2. The van der Waals surface area contributed by atoms with Crippen LogP contribution < -0.4 is 10.1 Å². The highest BCUT2D eigenvalue weighted by molar-refractivity contribution is 14.1. The summed E-state index contributed by atoms with van der Waals surface area (Å²) in [7, 11) is 0. The van der Waals surface area contributed by atoms with Crippen LogP contribution in [0.4, 0.5) is 0 Å². The fourth-order valence-corrected chi connectivity index (χ4v) is 4.93. The van der Waals surface area contributed by atoms with E-state index in [0.717, 1.165) is 9.99 Å². The standard InChI is InChI=1S/C26H37IN2O7/c1-17(2)34-14-6-11-29(26(33)22-9-5-13-35-22)20-15-18(25(32)28-10-12-30)16-23(24(20)31)36-21-8-4-3-7-19(21)27/h3-4,7-8,16-17,20,22-24,30-31H,5-6,9-15H2,1-2H3,(H,28,32)/t20-,22?,23+,24+/m1/s1. The molecule has 4 atom stereocenters. The Morgan fingerprint density at radius 3 is 2.75 bits per heavy atom. The van der Waals surface area contributed by atoms with E-state index in [2.05, 4.69) is 27.9 Å². The summed E-state index contributed by atoms with van der Waals surface area (Å²) in [5.74, 6) is 0.0348. The summed E-state index contributed by atoms with van der Waals surface area (Å²) in [4.78, 5) is 28.1. The van der Waals surface area contributed by atoms with Gasteiger partial charge in [-0.05, 0) is 73.9 Å². The summed E-state index contributed by atoms with van der Waals surface area (Å²) in [5.41, 5.74) is 0.401. The summed E-state index contributed by atoms with van der Waals surface area (Å²) < 4.78 is 18.4. The molecule has 1 saturated heterocycles. The highest BCUT2D eigenvalue weighted by Gasteiger charge is 2.42. The number of hydrogen-bond acceptors (Lipinski definition) is 7. The van der Waals surface area contributed by atoms with Crippen molar-refractivity contribution >= 4 is 34.4 Å². The normalized spacial score (nSPS) is 23.9. The smallest absolute Gasteiger partial charge is 0.252 e. The number of carbonyl (C=O) groups excluding carboxylic acids is 2. The van der Waals surface area contributed by atoms with Crippen LogP contribution in [0.3, 0.4) is 0 Å². The monoisotopic (exact) mass is 616 g/mol. The molecule has 1 heterocycles. The van der Waals surface area contributed by atoms with Gasteiger partial charge in [-0.3, -0.25) is 9.59 Å². The number of halogens is 1. The average molecular weight is 616 g/mol. The molecule has 10 heteroatoms. The molecular weight excluding hydrogens is 579 g/mol. The van der Waals surface area contributed by atoms with E-state index in [9.17, 15) is 14.7 Å². The molecule has 1 aromatic carbocycles. The van der Waals surface area contributed by atoms with Crippen molar-refractivity contribution in [2.45, 2.75) is 70.0 Å². The zero-order valence-corrected chi connectivity index (χ0v) is 23.1. The number of nitrogens with zero attached hydrogens (tertiary/aromatic N) is 1. The van der Waals surface area contributed by atoms with E-state index >= 15 is 0 Å². The van der Waals surface area contributed by atoms with Gasteiger partial charge in [0, 0.05) is 38.3 Å². The number of carbonyl (C=O) groups is 2. The van der Waals surface area contributed by atoms with Crippen molar-refractivity contribution in [2.24, 2.45) is 0 Å². The maximum Gasteiger partial charge on any atom is 0.252 e. The molecule has 1 unspecified atom stereocenters. The van der Waals surface area contributed by atoms with Gasteiger partial charge in [-0.15, -0.1) is 0 Å². The predicted octanol–water partition coefficient (Wildman–Crippen LogP) is 2.03. The van der Waals surface area contributed by atoms with E-state index in [1.165, 1.54) is 0 Å². The largest absolute Gasteiger partial charge is 0.482 e. The van der Waals surface area contributed by atoms with E-state index in [-0.39, 0.29) is 37.5 Å². The molecule has 0 aromatic heterocycles. The van der Waals surface area contributed by atoms with Gasteiger partial charge >= 0.3 is 0 Å². The zero-order chi connectivity index (χ0) is 26.1. The van der Waals surface area contributed by atoms with Gasteiger partial charge in [0.15, 0.2) is 0 Å². The molecule has 0 radical (unpaired) electrons. The highest BCUT2D eigenvalue weighted by Crippen LogP contribution is 2.31. The van der Waals surface area contributed by atoms with E-state index in [4.69, 9.17) is 19.3 Å². The molecule has 0 saturated carbocycles. The SMILES string of the molecule is CC(C)OCCCN(C(=O)C1CCCO1)[C@@H]1CC(C(=O)NCCO)=C[C@H](Oc2ccccc2I)[C@H]1O. The van der Waals surface area contributed by atoms with Crippen LogP contribution in [0.1, 0.15) is 39.5 Å². The number of aliphatic hydroxyl groups excluding tert-OH is 2. The van der Waals surface area contributed by atoms with Crippen molar-refractivity contribution in [2.75, 3.05) is 32.9 Å². The highest BCUT2D eigenvalue weighted by atomic mass is 127. The third-order valence-electron chi connectivity index (χ3n) is 6.20. The topological polar surface area (TPSA) is 118 Å². The molecule has 3 N–H and O–H groups in total. The maximum absolute atomic E-state index is 13.5. The Labute approximate surface area is 226 Å². The molecule has 0 bridgehead atoms. The fraction of sp³-hybridized carbons (Fsp3) is 0.615. The predicted molar refractivity (Wildman–Crippen MR) is 143 cm³/mol. The minimum absolute atomic E-state index is 0.0727. The summed E-state index contributed by atoms with van der Waals surface area (Å²) in [6.07, 6.45) is 1.40. The Hall–Kier alpha value is -1.73. The van der Waals surface area contributed by atoms with Crippen LogP contribution in [0.25, 0.3) is 0 Å². The van der Waals surface area contributed by atoms with Crippen LogP contribution in [0.2, 0.25) is 0 Å². The number of ether oxygens (including phenoxy) is 3. The van der Waals surface area contributed by atoms with Crippen molar-refractivity contribution < 1.29 is 34.0 Å². The van der Waals surface area contributed by atoms with Gasteiger partial charge in [-0.25, -0.2) is 0 Å². The van der Waals surface area contributed by atoms with Crippen LogP contribution in [-0.2, 0) is 19.1 Å². The van der Waals surface area contributed by atoms with Crippen molar-refractivity contribution in [3.8, 4) is 5.75 Å². The first-order valence-electron chi connectivity index (χ1n) is 12.5. The van der Waals surface area contributed by atoms with Gasteiger partial charge in [-0.2, -0.15) is 0 Å². The minimum Gasteiger partial charge on any atom is -0.482 e. The molecule has 2 amide bonds. The molecule has 2 aliphatic rings. The second kappa shape index (κ2) is 14.3. The molecule has 3 rings (SSSR count). The molecule has 1 aliphatic heterocycles. The van der Waals surface area contributed by atoms with Gasteiger partial charge in [0.25, 0.3) is 5.91 Å². The van der Waals surface area contributed by atoms with E-state index in [0.29, 0.717) is 43.9 Å². The molecule has 200 valence electrons. The lowest BCUT2D eigenvalue weighted by atomic mass is 9.87. The van der Waals surface area contributed by atoms with Gasteiger partial charge in [0.1, 0.15) is 24.1 Å². The molecule has 0 spiro atoms. The first-order chi connectivity index (χ1) is 17.3. The first kappa shape index (κ1) is 28.8. The molecule has 36 heavy (non-hydrogen) atoms. The summed E-state index contributed by atoms with van der Waals surface area (Å²) in [6.45, 7) is 5.18. The molecule has 1 aliphatic carbocycles. The maximum atomic E-state index is 13.5. The Morgan fingerprint density at radius 1 is 1.31 bits per heavy atom. The summed E-state index contributed by atoms with van der Waals surface area (Å²) >= 11 is 2.15. The van der Waals surface area contributed by atoms with Gasteiger partial charge < -0.3 is 34.6 Å². The lowest BCUT2D eigenvalue weighted by Crippen LogP contribution is -2.57. The van der Waals surface area contributed by atoms with Crippen molar-refractivity contribution in [1.29, 1.82) is 0 Å². The van der Waals surface area contributed by atoms with Gasteiger partial charge in [0.2, 0.25) is 5.91 Å². The van der Waals surface area contributed by atoms with E-state index < -0.39 is 24.4 Å². The average Bonchev–Trinajstić information content (AvgIpc) is 3.40. The lowest BCUT2D eigenvalue weighted by Gasteiger charge is -2.41. The molecule has 9 nitrogen and oxygen atoms in total. The summed E-state index contributed by atoms with van der Waals surface area (Å²) in [5, 5.41) is 23.3. The second-order valence-corrected chi connectivity index (χ2v) is 10.4. The second-order valence-electron chi connectivity index (χ2n) is 9.25. The molecular formula is C26H37IN2O7. The van der Waals surface area contributed by atoms with Gasteiger partial charge in [-0.1, -0.05) is 12.1 Å². The van der Waals surface area contributed by atoms with Crippen molar-refractivity contribution in [1.82, 2.24) is 10.2 Å². The Bertz CT molecular complexity index is 904. The Morgan fingerprint density at radius 2 is 2.08 bits per heavy atom. The third-order valence-corrected chi connectivity index (χ3v) is 7.09. The van der Waals surface area contributed by atoms with E-state index in [1.807, 2.05) is 32.0 Å². The Kier molecular flexibility index (Phi) is 11.4.